The Morgan fingerprint density at radius 2 is 1.81 bits per heavy atom. The number of rotatable bonds is 9. The van der Waals surface area contributed by atoms with Gasteiger partial charge in [0.1, 0.15) is 11.5 Å². The van der Waals surface area contributed by atoms with Gasteiger partial charge >= 0.3 is 5.97 Å². The van der Waals surface area contributed by atoms with Crippen LogP contribution in [0.2, 0.25) is 0 Å². The first-order valence-electron chi connectivity index (χ1n) is 9.08. The lowest BCUT2D eigenvalue weighted by molar-refractivity contribution is 0.0734. The molecule has 0 N–H and O–H groups in total. The largest absolute Gasteiger partial charge is 0.491 e. The van der Waals surface area contributed by atoms with Crippen LogP contribution in [0.5, 0.6) is 11.5 Å². The average molecular weight is 351 g/mol. The Bertz CT molecular complexity index is 747. The number of carbonyl (C=O) groups excluding carboxylic acids is 1. The van der Waals surface area contributed by atoms with Crippen LogP contribution in [-0.4, -0.2) is 12.1 Å². The molecule has 0 heterocycles. The molecule has 0 unspecified atom stereocenters. The molecule has 0 aliphatic rings. The molecule has 0 bridgehead atoms. The molecule has 2 aromatic rings. The second-order valence-electron chi connectivity index (χ2n) is 6.30. The minimum Gasteiger partial charge on any atom is -0.491 e. The van der Waals surface area contributed by atoms with Gasteiger partial charge in [0.25, 0.3) is 0 Å². The molecule has 0 saturated heterocycles. The van der Waals surface area contributed by atoms with E-state index in [-0.39, 0.29) is 6.10 Å². The lowest BCUT2D eigenvalue weighted by atomic mass is 10.1. The highest BCUT2D eigenvalue weighted by atomic mass is 16.5. The molecule has 0 aromatic heterocycles. The van der Waals surface area contributed by atoms with Crippen LogP contribution in [0.4, 0.5) is 5.69 Å². The maximum Gasteiger partial charge on any atom is 0.343 e. The standard InChI is InChI=1S/C22H25NO3/c1-4-5-6-7-9-17(2)25-20-10-8-11-21(16-20)26-22(24)18-12-14-19(23-3)15-13-18/h8,10-17H,4-7,9H2,1-2H3/t17-/m1/s1. The molecule has 26 heavy (non-hydrogen) atoms. The first-order chi connectivity index (χ1) is 12.6. The van der Waals surface area contributed by atoms with E-state index in [2.05, 4.69) is 18.7 Å². The van der Waals surface area contributed by atoms with E-state index in [1.165, 1.54) is 19.3 Å². The average Bonchev–Trinajstić information content (AvgIpc) is 2.65. The van der Waals surface area contributed by atoms with Crippen LogP contribution in [0, 0.1) is 6.57 Å². The van der Waals surface area contributed by atoms with E-state index >= 15 is 0 Å². The predicted molar refractivity (Wildman–Crippen MR) is 103 cm³/mol. The molecule has 2 rings (SSSR count). The van der Waals surface area contributed by atoms with Crippen LogP contribution in [0.15, 0.2) is 48.5 Å². The van der Waals surface area contributed by atoms with E-state index in [0.29, 0.717) is 22.7 Å². The molecule has 0 saturated carbocycles. The van der Waals surface area contributed by atoms with Crippen molar-refractivity contribution in [3.8, 4) is 11.5 Å². The third-order valence-corrected chi connectivity index (χ3v) is 4.05. The minimum atomic E-state index is -0.453. The first kappa shape index (κ1) is 19.5. The molecule has 0 radical (unpaired) electrons. The van der Waals surface area contributed by atoms with Crippen LogP contribution in [0.25, 0.3) is 4.85 Å². The Morgan fingerprint density at radius 3 is 2.50 bits per heavy atom. The summed E-state index contributed by atoms with van der Waals surface area (Å²) in [4.78, 5) is 15.5. The molecule has 0 aliphatic carbocycles. The fourth-order valence-electron chi connectivity index (χ4n) is 2.60. The summed E-state index contributed by atoms with van der Waals surface area (Å²) in [5.41, 5.74) is 0.901. The van der Waals surface area contributed by atoms with Crippen molar-refractivity contribution in [3.05, 3.63) is 65.5 Å². The fourth-order valence-corrected chi connectivity index (χ4v) is 2.60. The summed E-state index contributed by atoms with van der Waals surface area (Å²) in [5.74, 6) is 0.688. The summed E-state index contributed by atoms with van der Waals surface area (Å²) >= 11 is 0. The maximum atomic E-state index is 12.2. The van der Waals surface area contributed by atoms with Crippen LogP contribution in [0.3, 0.4) is 0 Å². The van der Waals surface area contributed by atoms with Crippen molar-refractivity contribution in [3.63, 3.8) is 0 Å². The summed E-state index contributed by atoms with van der Waals surface area (Å²) in [7, 11) is 0. The number of ether oxygens (including phenoxy) is 2. The minimum absolute atomic E-state index is 0.124. The highest BCUT2D eigenvalue weighted by Crippen LogP contribution is 2.23. The highest BCUT2D eigenvalue weighted by Gasteiger charge is 2.10. The highest BCUT2D eigenvalue weighted by molar-refractivity contribution is 5.91. The van der Waals surface area contributed by atoms with Gasteiger partial charge in [-0.3, -0.25) is 0 Å². The summed E-state index contributed by atoms with van der Waals surface area (Å²) in [5, 5.41) is 0. The van der Waals surface area contributed by atoms with Gasteiger partial charge in [-0.05, 0) is 31.9 Å². The van der Waals surface area contributed by atoms with Crippen molar-refractivity contribution in [2.45, 2.75) is 52.1 Å². The molecule has 0 amide bonds. The van der Waals surface area contributed by atoms with Gasteiger partial charge in [0.05, 0.1) is 18.2 Å². The van der Waals surface area contributed by atoms with Gasteiger partial charge in [0, 0.05) is 6.07 Å². The van der Waals surface area contributed by atoms with Gasteiger partial charge in [-0.1, -0.05) is 56.5 Å². The van der Waals surface area contributed by atoms with E-state index in [9.17, 15) is 4.79 Å². The number of carbonyl (C=O) groups is 1. The SMILES string of the molecule is [C-]#[N+]c1ccc(C(=O)Oc2cccc(O[C@H](C)CCCCCC)c2)cc1. The quantitative estimate of drug-likeness (QED) is 0.234. The fraction of sp³-hybridized carbons (Fsp3) is 0.364. The Morgan fingerprint density at radius 1 is 1.08 bits per heavy atom. The molecule has 0 fully saturated rings. The Balaban J connectivity index is 1.91. The third-order valence-electron chi connectivity index (χ3n) is 4.05. The normalized spacial score (nSPS) is 11.4. The van der Waals surface area contributed by atoms with E-state index in [4.69, 9.17) is 16.0 Å². The summed E-state index contributed by atoms with van der Waals surface area (Å²) in [6, 6.07) is 13.5. The Kier molecular flexibility index (Phi) is 7.70. The van der Waals surface area contributed by atoms with Gasteiger partial charge in [-0.15, -0.1) is 0 Å². The van der Waals surface area contributed by atoms with Gasteiger partial charge in [-0.2, -0.15) is 0 Å². The molecule has 2 aromatic carbocycles. The lowest BCUT2D eigenvalue weighted by Crippen LogP contribution is -2.12. The summed E-state index contributed by atoms with van der Waals surface area (Å²) in [6.45, 7) is 11.2. The summed E-state index contributed by atoms with van der Waals surface area (Å²) in [6.07, 6.45) is 6.01. The molecule has 0 aliphatic heterocycles. The lowest BCUT2D eigenvalue weighted by Gasteiger charge is -2.15. The number of benzene rings is 2. The van der Waals surface area contributed by atoms with E-state index in [0.717, 1.165) is 12.8 Å². The topological polar surface area (TPSA) is 39.9 Å². The zero-order chi connectivity index (χ0) is 18.8. The first-order valence-corrected chi connectivity index (χ1v) is 9.08. The predicted octanol–water partition coefficient (Wildman–Crippen LogP) is 6.19. The molecule has 4 nitrogen and oxygen atoms in total. The zero-order valence-corrected chi connectivity index (χ0v) is 15.4. The van der Waals surface area contributed by atoms with Gasteiger partial charge in [0.15, 0.2) is 5.69 Å². The van der Waals surface area contributed by atoms with Crippen molar-refractivity contribution in [2.75, 3.05) is 0 Å². The van der Waals surface area contributed by atoms with Crippen molar-refractivity contribution in [1.82, 2.24) is 0 Å². The molecular formula is C22H25NO3. The molecular weight excluding hydrogens is 326 g/mol. The monoisotopic (exact) mass is 351 g/mol. The second kappa shape index (κ2) is 10.2. The number of esters is 1. The van der Waals surface area contributed by atoms with Gasteiger partial charge in [-0.25, -0.2) is 9.64 Å². The van der Waals surface area contributed by atoms with Crippen LogP contribution >= 0.6 is 0 Å². The second-order valence-corrected chi connectivity index (χ2v) is 6.30. The molecule has 136 valence electrons. The Labute approximate surface area is 155 Å². The number of unbranched alkanes of at least 4 members (excludes halogenated alkanes) is 3. The third kappa shape index (κ3) is 6.25. The van der Waals surface area contributed by atoms with Crippen LogP contribution < -0.4 is 9.47 Å². The molecule has 0 spiro atoms. The maximum absolute atomic E-state index is 12.2. The smallest absolute Gasteiger partial charge is 0.343 e. The van der Waals surface area contributed by atoms with E-state index in [1.54, 1.807) is 36.4 Å². The number of hydrogen-bond acceptors (Lipinski definition) is 3. The van der Waals surface area contributed by atoms with Gasteiger partial charge in [0.2, 0.25) is 0 Å². The van der Waals surface area contributed by atoms with Crippen molar-refractivity contribution >= 4 is 11.7 Å². The van der Waals surface area contributed by atoms with Gasteiger partial charge < -0.3 is 9.47 Å². The number of hydrogen-bond donors (Lipinski definition) is 0. The van der Waals surface area contributed by atoms with Crippen molar-refractivity contribution < 1.29 is 14.3 Å². The van der Waals surface area contributed by atoms with E-state index < -0.39 is 5.97 Å². The van der Waals surface area contributed by atoms with Crippen molar-refractivity contribution in [2.24, 2.45) is 0 Å². The summed E-state index contributed by atoms with van der Waals surface area (Å²) < 4.78 is 11.3. The zero-order valence-electron chi connectivity index (χ0n) is 15.4. The van der Waals surface area contributed by atoms with Crippen LogP contribution in [0.1, 0.15) is 56.3 Å². The number of nitrogens with zero attached hydrogens (tertiary/aromatic N) is 1. The van der Waals surface area contributed by atoms with E-state index in [1.807, 2.05) is 12.1 Å². The van der Waals surface area contributed by atoms with Crippen LogP contribution in [-0.2, 0) is 0 Å². The molecule has 1 atom stereocenters. The Hall–Kier alpha value is -2.80. The van der Waals surface area contributed by atoms with Crippen molar-refractivity contribution in [1.29, 1.82) is 0 Å². The molecule has 4 heteroatoms.